The molecule has 0 atom stereocenters. The molecule has 2 N–H and O–H groups in total. The Morgan fingerprint density at radius 1 is 1.10 bits per heavy atom. The highest BCUT2D eigenvalue weighted by Gasteiger charge is 2.17. The number of anilines is 1. The minimum atomic E-state index is -0.551. The van der Waals surface area contributed by atoms with Gasteiger partial charge >= 0.3 is 0 Å². The Kier molecular flexibility index (Phi) is 5.81. The van der Waals surface area contributed by atoms with Crippen LogP contribution >= 0.6 is 11.6 Å². The zero-order valence-corrected chi connectivity index (χ0v) is 17.7. The van der Waals surface area contributed by atoms with Crippen LogP contribution in [0.5, 0.6) is 0 Å². The summed E-state index contributed by atoms with van der Waals surface area (Å²) in [6, 6.07) is 13.2. The van der Waals surface area contributed by atoms with Gasteiger partial charge in [0.2, 0.25) is 0 Å². The monoisotopic (exact) mass is 438 g/mol. The molecular formula is C22H20ClFN6O. The van der Waals surface area contributed by atoms with Gasteiger partial charge in [-0.25, -0.2) is 19.0 Å². The van der Waals surface area contributed by atoms with E-state index in [0.717, 1.165) is 16.8 Å². The van der Waals surface area contributed by atoms with Crippen LogP contribution in [0.3, 0.4) is 0 Å². The second-order valence-corrected chi connectivity index (χ2v) is 7.39. The fourth-order valence-corrected chi connectivity index (χ4v) is 3.49. The van der Waals surface area contributed by atoms with Crippen molar-refractivity contribution in [3.8, 4) is 5.69 Å². The van der Waals surface area contributed by atoms with Crippen molar-refractivity contribution in [3.63, 3.8) is 0 Å². The molecule has 0 bridgehead atoms. The highest BCUT2D eigenvalue weighted by molar-refractivity contribution is 6.30. The van der Waals surface area contributed by atoms with E-state index in [1.54, 1.807) is 29.8 Å². The summed E-state index contributed by atoms with van der Waals surface area (Å²) in [6.07, 6.45) is 0. The quantitative estimate of drug-likeness (QED) is 0.443. The van der Waals surface area contributed by atoms with Crippen LogP contribution in [0.25, 0.3) is 16.7 Å². The standard InChI is InChI=1S/C22H20ClFN6O/c1-13-19-20(25-10-11-26-22(31)17-8-3-4-9-18(17)24)27-14(2)28-21(19)30(29-13)16-7-5-6-15(23)12-16/h3-9,12H,10-11H2,1-2H3,(H,26,31)(H,25,27,28). The molecule has 2 aromatic carbocycles. The number of rotatable bonds is 6. The highest BCUT2D eigenvalue weighted by atomic mass is 35.5. The Morgan fingerprint density at radius 2 is 1.90 bits per heavy atom. The first-order chi connectivity index (χ1) is 14.9. The van der Waals surface area contributed by atoms with E-state index in [1.807, 2.05) is 25.1 Å². The molecule has 158 valence electrons. The van der Waals surface area contributed by atoms with Gasteiger partial charge in [-0.3, -0.25) is 4.79 Å². The zero-order valence-electron chi connectivity index (χ0n) is 17.0. The second-order valence-electron chi connectivity index (χ2n) is 6.96. The third kappa shape index (κ3) is 4.34. The smallest absolute Gasteiger partial charge is 0.254 e. The first-order valence-electron chi connectivity index (χ1n) is 9.70. The summed E-state index contributed by atoms with van der Waals surface area (Å²) in [5, 5.41) is 11.9. The summed E-state index contributed by atoms with van der Waals surface area (Å²) in [5.41, 5.74) is 2.23. The Morgan fingerprint density at radius 3 is 2.68 bits per heavy atom. The molecule has 4 aromatic rings. The van der Waals surface area contributed by atoms with E-state index in [4.69, 9.17) is 11.6 Å². The number of fused-ring (bicyclic) bond motifs is 1. The number of nitrogens with one attached hydrogen (secondary N) is 2. The third-order valence-corrected chi connectivity index (χ3v) is 4.92. The van der Waals surface area contributed by atoms with Crippen molar-refractivity contribution >= 4 is 34.4 Å². The van der Waals surface area contributed by atoms with Crippen molar-refractivity contribution in [2.75, 3.05) is 18.4 Å². The number of benzene rings is 2. The van der Waals surface area contributed by atoms with Gasteiger partial charge in [0.05, 0.1) is 22.3 Å². The number of aryl methyl sites for hydroxylation is 2. The van der Waals surface area contributed by atoms with Gasteiger partial charge in [0, 0.05) is 18.1 Å². The van der Waals surface area contributed by atoms with Crippen molar-refractivity contribution < 1.29 is 9.18 Å². The van der Waals surface area contributed by atoms with Crippen LogP contribution in [0.15, 0.2) is 48.5 Å². The molecule has 0 radical (unpaired) electrons. The van der Waals surface area contributed by atoms with Gasteiger partial charge in [-0.2, -0.15) is 5.10 Å². The SMILES string of the molecule is Cc1nc(NCCNC(=O)c2ccccc2F)c2c(C)nn(-c3cccc(Cl)c3)c2n1. The van der Waals surface area contributed by atoms with E-state index in [9.17, 15) is 9.18 Å². The lowest BCUT2D eigenvalue weighted by Gasteiger charge is -2.10. The Bertz CT molecular complexity index is 1270. The number of halogens is 2. The van der Waals surface area contributed by atoms with Crippen molar-refractivity contribution in [2.24, 2.45) is 0 Å². The molecule has 0 aliphatic carbocycles. The molecule has 0 aliphatic rings. The highest BCUT2D eigenvalue weighted by Crippen LogP contribution is 2.27. The minimum absolute atomic E-state index is 0.0152. The lowest BCUT2D eigenvalue weighted by Crippen LogP contribution is -2.29. The molecule has 7 nitrogen and oxygen atoms in total. The Labute approximate surface area is 183 Å². The van der Waals surface area contributed by atoms with Crippen molar-refractivity contribution in [1.82, 2.24) is 25.1 Å². The predicted molar refractivity (Wildman–Crippen MR) is 118 cm³/mol. The van der Waals surface area contributed by atoms with Gasteiger partial charge in [-0.05, 0) is 44.2 Å². The van der Waals surface area contributed by atoms with E-state index in [2.05, 4.69) is 25.7 Å². The van der Waals surface area contributed by atoms with Crippen LogP contribution in [0.1, 0.15) is 21.9 Å². The lowest BCUT2D eigenvalue weighted by molar-refractivity contribution is 0.0951. The number of aromatic nitrogens is 4. The van der Waals surface area contributed by atoms with E-state index >= 15 is 0 Å². The van der Waals surface area contributed by atoms with Gasteiger partial charge in [-0.15, -0.1) is 0 Å². The molecule has 2 aromatic heterocycles. The van der Waals surface area contributed by atoms with Gasteiger partial charge < -0.3 is 10.6 Å². The fourth-order valence-electron chi connectivity index (χ4n) is 3.30. The summed E-state index contributed by atoms with van der Waals surface area (Å²) < 4.78 is 15.5. The zero-order chi connectivity index (χ0) is 22.0. The average molecular weight is 439 g/mol. The van der Waals surface area contributed by atoms with Gasteiger partial charge in [0.15, 0.2) is 5.65 Å². The molecule has 0 spiro atoms. The molecule has 0 aliphatic heterocycles. The summed E-state index contributed by atoms with van der Waals surface area (Å²) in [7, 11) is 0. The van der Waals surface area contributed by atoms with Gasteiger partial charge in [0.1, 0.15) is 17.5 Å². The van der Waals surface area contributed by atoms with Crippen LogP contribution < -0.4 is 10.6 Å². The maximum absolute atomic E-state index is 13.7. The van der Waals surface area contributed by atoms with Gasteiger partial charge in [0.25, 0.3) is 5.91 Å². The Hall–Kier alpha value is -3.52. The summed E-state index contributed by atoms with van der Waals surface area (Å²) in [4.78, 5) is 21.2. The van der Waals surface area contributed by atoms with E-state index < -0.39 is 11.7 Å². The number of hydrogen-bond acceptors (Lipinski definition) is 5. The molecule has 4 rings (SSSR count). The number of nitrogens with zero attached hydrogens (tertiary/aromatic N) is 4. The number of carbonyl (C=O) groups is 1. The predicted octanol–water partition coefficient (Wildman–Crippen LogP) is 4.07. The van der Waals surface area contributed by atoms with Crippen LogP contribution in [0.4, 0.5) is 10.2 Å². The maximum Gasteiger partial charge on any atom is 0.254 e. The molecule has 9 heteroatoms. The molecule has 31 heavy (non-hydrogen) atoms. The molecule has 1 amide bonds. The van der Waals surface area contributed by atoms with Crippen LogP contribution in [0, 0.1) is 19.7 Å². The van der Waals surface area contributed by atoms with Crippen LogP contribution in [0.2, 0.25) is 5.02 Å². The lowest BCUT2D eigenvalue weighted by atomic mass is 10.2. The van der Waals surface area contributed by atoms with E-state index in [-0.39, 0.29) is 5.56 Å². The largest absolute Gasteiger partial charge is 0.368 e. The first-order valence-corrected chi connectivity index (χ1v) is 10.1. The molecule has 0 fully saturated rings. The fraction of sp³-hybridized carbons (Fsp3) is 0.182. The summed E-state index contributed by atoms with van der Waals surface area (Å²) in [5.74, 6) is 0.181. The van der Waals surface area contributed by atoms with Crippen molar-refractivity contribution in [3.05, 3.63) is 76.5 Å². The van der Waals surface area contributed by atoms with E-state index in [0.29, 0.717) is 35.4 Å². The molecule has 0 unspecified atom stereocenters. The van der Waals surface area contributed by atoms with E-state index in [1.165, 1.54) is 12.1 Å². The topological polar surface area (TPSA) is 84.7 Å². The molecule has 2 heterocycles. The average Bonchev–Trinajstić information content (AvgIpc) is 3.07. The number of hydrogen-bond donors (Lipinski definition) is 2. The Balaban J connectivity index is 1.53. The molecular weight excluding hydrogens is 419 g/mol. The maximum atomic E-state index is 13.7. The van der Waals surface area contributed by atoms with Gasteiger partial charge in [-0.1, -0.05) is 29.8 Å². The molecule has 0 saturated heterocycles. The first kappa shape index (κ1) is 20.7. The third-order valence-electron chi connectivity index (χ3n) is 4.69. The normalized spacial score (nSPS) is 11.0. The van der Waals surface area contributed by atoms with Crippen molar-refractivity contribution in [2.45, 2.75) is 13.8 Å². The number of amides is 1. The van der Waals surface area contributed by atoms with Crippen LogP contribution in [-0.2, 0) is 0 Å². The minimum Gasteiger partial charge on any atom is -0.368 e. The van der Waals surface area contributed by atoms with Crippen LogP contribution in [-0.4, -0.2) is 38.7 Å². The summed E-state index contributed by atoms with van der Waals surface area (Å²) in [6.45, 7) is 4.37. The summed E-state index contributed by atoms with van der Waals surface area (Å²) >= 11 is 6.14. The second kappa shape index (κ2) is 8.69. The van der Waals surface area contributed by atoms with Crippen molar-refractivity contribution in [1.29, 1.82) is 0 Å². The number of carbonyl (C=O) groups excluding carboxylic acids is 1. The molecule has 0 saturated carbocycles.